The fourth-order valence-electron chi connectivity index (χ4n) is 2.84. The molecule has 9 heteroatoms. The van der Waals surface area contributed by atoms with E-state index in [0.717, 1.165) is 10.6 Å². The van der Waals surface area contributed by atoms with Crippen molar-refractivity contribution in [1.82, 2.24) is 0 Å². The first-order valence-corrected chi connectivity index (χ1v) is 10.9. The summed E-state index contributed by atoms with van der Waals surface area (Å²) in [4.78, 5) is 12.8. The lowest BCUT2D eigenvalue weighted by Gasteiger charge is -2.28. The van der Waals surface area contributed by atoms with Crippen LogP contribution in [-0.2, 0) is 14.8 Å². The summed E-state index contributed by atoms with van der Waals surface area (Å²) >= 11 is 0. The molecule has 0 bridgehead atoms. The molecule has 2 aromatic rings. The number of methoxy groups -OCH3 is 2. The molecule has 0 saturated heterocycles. The van der Waals surface area contributed by atoms with E-state index in [1.165, 1.54) is 27.2 Å². The molecule has 162 valence electrons. The first-order valence-electron chi connectivity index (χ1n) is 9.07. The lowest BCUT2D eigenvalue weighted by atomic mass is 10.2. The molecule has 1 atom stereocenters. The Labute approximate surface area is 177 Å². The molecule has 2 aromatic carbocycles. The molecule has 30 heavy (non-hydrogen) atoms. The van der Waals surface area contributed by atoms with Gasteiger partial charge >= 0.3 is 0 Å². The molecule has 0 heterocycles. The molecule has 0 aromatic heterocycles. The second-order valence-corrected chi connectivity index (χ2v) is 8.25. The molecule has 0 fully saturated rings. The summed E-state index contributed by atoms with van der Waals surface area (Å²) in [5, 5.41) is 2.73. The summed E-state index contributed by atoms with van der Waals surface area (Å²) in [6.45, 7) is 5.42. The number of hydrogen-bond donors (Lipinski definition) is 1. The van der Waals surface area contributed by atoms with Crippen LogP contribution in [0.15, 0.2) is 55.1 Å². The second-order valence-electron chi connectivity index (χ2n) is 6.39. The Balaban J connectivity index is 2.31. The standard InChI is InChI=1S/C21H26N2O6S/c1-6-12-29-18-9-7-8-16(13-18)22-21(24)15(2)23(30(5,25)26)17-10-11-19(27-3)20(14-17)28-4/h6-11,13-15H,1,12H2,2-5H3,(H,22,24)/t15-/m0/s1. The van der Waals surface area contributed by atoms with Gasteiger partial charge in [0.25, 0.3) is 0 Å². The van der Waals surface area contributed by atoms with Gasteiger partial charge in [0.15, 0.2) is 11.5 Å². The van der Waals surface area contributed by atoms with Crippen LogP contribution in [0.5, 0.6) is 17.2 Å². The number of benzene rings is 2. The third-order valence-electron chi connectivity index (χ3n) is 4.18. The zero-order valence-corrected chi connectivity index (χ0v) is 18.2. The van der Waals surface area contributed by atoms with Gasteiger partial charge in [0.05, 0.1) is 26.2 Å². The Morgan fingerprint density at radius 3 is 2.47 bits per heavy atom. The topological polar surface area (TPSA) is 94.2 Å². The number of hydrogen-bond acceptors (Lipinski definition) is 6. The molecule has 1 N–H and O–H groups in total. The van der Waals surface area contributed by atoms with Gasteiger partial charge in [-0.1, -0.05) is 18.7 Å². The van der Waals surface area contributed by atoms with Crippen LogP contribution in [0.2, 0.25) is 0 Å². The maximum atomic E-state index is 12.8. The van der Waals surface area contributed by atoms with Gasteiger partial charge in [-0.2, -0.15) is 0 Å². The minimum Gasteiger partial charge on any atom is -0.493 e. The monoisotopic (exact) mass is 434 g/mol. The molecular formula is C21H26N2O6S. The highest BCUT2D eigenvalue weighted by Gasteiger charge is 2.30. The molecule has 0 radical (unpaired) electrons. The number of ether oxygens (including phenoxy) is 3. The van der Waals surface area contributed by atoms with Crippen molar-refractivity contribution in [2.24, 2.45) is 0 Å². The molecule has 8 nitrogen and oxygen atoms in total. The van der Waals surface area contributed by atoms with Crippen LogP contribution in [-0.4, -0.2) is 47.4 Å². The number of sulfonamides is 1. The van der Waals surface area contributed by atoms with Gasteiger partial charge in [-0.05, 0) is 31.2 Å². The van der Waals surface area contributed by atoms with E-state index in [1.54, 1.807) is 42.5 Å². The molecule has 0 unspecified atom stereocenters. The molecule has 0 spiro atoms. The van der Waals surface area contributed by atoms with Crippen molar-refractivity contribution >= 4 is 27.3 Å². The maximum Gasteiger partial charge on any atom is 0.247 e. The predicted molar refractivity (Wildman–Crippen MR) is 117 cm³/mol. The molecule has 0 aliphatic rings. The van der Waals surface area contributed by atoms with Gasteiger partial charge in [0.2, 0.25) is 15.9 Å². The summed E-state index contributed by atoms with van der Waals surface area (Å²) in [6, 6.07) is 10.4. The largest absolute Gasteiger partial charge is 0.493 e. The Morgan fingerprint density at radius 1 is 1.17 bits per heavy atom. The van der Waals surface area contributed by atoms with Crippen LogP contribution < -0.4 is 23.8 Å². The maximum absolute atomic E-state index is 12.8. The number of anilines is 2. The van der Waals surface area contributed by atoms with Crippen molar-refractivity contribution in [3.63, 3.8) is 0 Å². The van der Waals surface area contributed by atoms with E-state index in [9.17, 15) is 13.2 Å². The quantitative estimate of drug-likeness (QED) is 0.578. The number of carbonyl (C=O) groups is 1. The lowest BCUT2D eigenvalue weighted by Crippen LogP contribution is -2.45. The van der Waals surface area contributed by atoms with Gasteiger partial charge in [0, 0.05) is 17.8 Å². The number of nitrogens with one attached hydrogen (secondary N) is 1. The molecule has 0 saturated carbocycles. The van der Waals surface area contributed by atoms with Crippen LogP contribution in [0.4, 0.5) is 11.4 Å². The number of rotatable bonds is 10. The smallest absolute Gasteiger partial charge is 0.247 e. The fraction of sp³-hybridized carbons (Fsp3) is 0.286. The molecule has 2 rings (SSSR count). The molecular weight excluding hydrogens is 408 g/mol. The van der Waals surface area contributed by atoms with Gasteiger partial charge in [0.1, 0.15) is 18.4 Å². The van der Waals surface area contributed by atoms with E-state index in [4.69, 9.17) is 14.2 Å². The first kappa shape index (κ1) is 23.1. The summed E-state index contributed by atoms with van der Waals surface area (Å²) in [5.41, 5.74) is 0.759. The fourth-order valence-corrected chi connectivity index (χ4v) is 4.00. The minimum atomic E-state index is -3.78. The van der Waals surface area contributed by atoms with Gasteiger partial charge in [-0.25, -0.2) is 8.42 Å². The lowest BCUT2D eigenvalue weighted by molar-refractivity contribution is -0.116. The van der Waals surface area contributed by atoms with Crippen molar-refractivity contribution in [3.8, 4) is 17.2 Å². The van der Waals surface area contributed by atoms with E-state index in [1.807, 2.05) is 0 Å². The van der Waals surface area contributed by atoms with Crippen molar-refractivity contribution in [1.29, 1.82) is 0 Å². The van der Waals surface area contributed by atoms with Crippen molar-refractivity contribution < 1.29 is 27.4 Å². The van der Waals surface area contributed by atoms with Crippen LogP contribution in [0, 0.1) is 0 Å². The normalized spacial score (nSPS) is 11.9. The van der Waals surface area contributed by atoms with E-state index in [0.29, 0.717) is 29.5 Å². The SMILES string of the molecule is C=CCOc1cccc(NC(=O)[C@H](C)N(c2ccc(OC)c(OC)c2)S(C)(=O)=O)c1. The van der Waals surface area contributed by atoms with Crippen molar-refractivity contribution in [3.05, 3.63) is 55.1 Å². The third kappa shape index (κ3) is 5.66. The molecule has 0 aliphatic heterocycles. The minimum absolute atomic E-state index is 0.279. The second kappa shape index (κ2) is 10.0. The Kier molecular flexibility index (Phi) is 7.71. The Hall–Kier alpha value is -3.20. The highest BCUT2D eigenvalue weighted by molar-refractivity contribution is 7.92. The number of amides is 1. The Morgan fingerprint density at radius 2 is 1.87 bits per heavy atom. The highest BCUT2D eigenvalue weighted by atomic mass is 32.2. The number of nitrogens with zero attached hydrogens (tertiary/aromatic N) is 1. The summed E-state index contributed by atoms with van der Waals surface area (Å²) in [7, 11) is -0.850. The highest BCUT2D eigenvalue weighted by Crippen LogP contribution is 2.33. The first-order chi connectivity index (χ1) is 14.2. The van der Waals surface area contributed by atoms with E-state index < -0.39 is 22.0 Å². The zero-order valence-electron chi connectivity index (χ0n) is 17.4. The average molecular weight is 435 g/mol. The van der Waals surface area contributed by atoms with Crippen LogP contribution in [0.1, 0.15) is 6.92 Å². The van der Waals surface area contributed by atoms with E-state index in [2.05, 4.69) is 11.9 Å². The van der Waals surface area contributed by atoms with Crippen molar-refractivity contribution in [2.45, 2.75) is 13.0 Å². The van der Waals surface area contributed by atoms with E-state index >= 15 is 0 Å². The summed E-state index contributed by atoms with van der Waals surface area (Å²) in [5.74, 6) is 0.850. The summed E-state index contributed by atoms with van der Waals surface area (Å²) < 4.78 is 41.9. The third-order valence-corrected chi connectivity index (χ3v) is 5.42. The predicted octanol–water partition coefficient (Wildman–Crippen LogP) is 3.06. The Bertz CT molecular complexity index is 1010. The van der Waals surface area contributed by atoms with Gasteiger partial charge in [-0.15, -0.1) is 0 Å². The van der Waals surface area contributed by atoms with Crippen LogP contribution in [0.25, 0.3) is 0 Å². The van der Waals surface area contributed by atoms with Crippen LogP contribution >= 0.6 is 0 Å². The molecule has 1 amide bonds. The molecule has 0 aliphatic carbocycles. The van der Waals surface area contributed by atoms with Gasteiger partial charge in [-0.3, -0.25) is 9.10 Å². The number of carbonyl (C=O) groups excluding carboxylic acids is 1. The van der Waals surface area contributed by atoms with Crippen molar-refractivity contribution in [2.75, 3.05) is 36.7 Å². The average Bonchev–Trinajstić information content (AvgIpc) is 2.71. The van der Waals surface area contributed by atoms with Crippen LogP contribution in [0.3, 0.4) is 0 Å². The van der Waals surface area contributed by atoms with Gasteiger partial charge < -0.3 is 19.5 Å². The van der Waals surface area contributed by atoms with E-state index in [-0.39, 0.29) is 5.69 Å². The summed E-state index contributed by atoms with van der Waals surface area (Å²) in [6.07, 6.45) is 2.65. The zero-order chi connectivity index (χ0) is 22.3.